The standard InChI is InChI=1S/C16H16O4/c1-20-16(19)15(18)13-9-5-8-12(13)14(10-17)11-6-3-2-4-7-11/h2-4,6-7,12-13H,5,8-9H2,1H3/t12-,13+/m0/s1. The van der Waals surface area contributed by atoms with E-state index in [1.165, 1.54) is 7.11 Å². The fourth-order valence-electron chi connectivity index (χ4n) is 2.84. The molecular formula is C16H16O4. The average Bonchev–Trinajstić information content (AvgIpc) is 2.97. The molecule has 2 rings (SSSR count). The van der Waals surface area contributed by atoms with E-state index in [1.807, 2.05) is 36.3 Å². The summed E-state index contributed by atoms with van der Waals surface area (Å²) in [6.07, 6.45) is 2.14. The lowest BCUT2D eigenvalue weighted by Gasteiger charge is -2.18. The molecule has 1 saturated carbocycles. The fourth-order valence-corrected chi connectivity index (χ4v) is 2.84. The Morgan fingerprint density at radius 2 is 1.80 bits per heavy atom. The summed E-state index contributed by atoms with van der Waals surface area (Å²) >= 11 is 0. The van der Waals surface area contributed by atoms with Gasteiger partial charge in [0.2, 0.25) is 5.78 Å². The molecule has 1 aliphatic rings. The van der Waals surface area contributed by atoms with Gasteiger partial charge in [-0.05, 0) is 18.4 Å². The predicted octanol–water partition coefficient (Wildman–Crippen LogP) is 2.06. The van der Waals surface area contributed by atoms with Gasteiger partial charge in [-0.25, -0.2) is 9.59 Å². The number of allylic oxidation sites excluding steroid dienone is 1. The lowest BCUT2D eigenvalue weighted by Crippen LogP contribution is -2.28. The number of hydrogen-bond donors (Lipinski definition) is 0. The maximum absolute atomic E-state index is 12.0. The van der Waals surface area contributed by atoms with E-state index < -0.39 is 17.7 Å². The quantitative estimate of drug-likeness (QED) is 0.478. The molecule has 4 heteroatoms. The molecule has 20 heavy (non-hydrogen) atoms. The maximum Gasteiger partial charge on any atom is 0.374 e. The van der Waals surface area contributed by atoms with Crippen molar-refractivity contribution in [3.05, 3.63) is 35.9 Å². The van der Waals surface area contributed by atoms with Crippen LogP contribution in [0.2, 0.25) is 0 Å². The second-order valence-electron chi connectivity index (χ2n) is 4.88. The highest BCUT2D eigenvalue weighted by Crippen LogP contribution is 2.40. The molecule has 1 aliphatic carbocycles. The summed E-state index contributed by atoms with van der Waals surface area (Å²) in [5.74, 6) is -0.133. The van der Waals surface area contributed by atoms with E-state index in [0.717, 1.165) is 12.0 Å². The van der Waals surface area contributed by atoms with E-state index in [1.54, 1.807) is 0 Å². The summed E-state index contributed by atoms with van der Waals surface area (Å²) < 4.78 is 4.50. The molecule has 0 N–H and O–H groups in total. The van der Waals surface area contributed by atoms with Gasteiger partial charge in [0.25, 0.3) is 0 Å². The Hall–Kier alpha value is -2.19. The SMILES string of the molecule is COC(=O)C(=O)[C@@H]1CCC[C@@H]1C(=C=O)c1ccccc1. The van der Waals surface area contributed by atoms with Crippen LogP contribution < -0.4 is 0 Å². The molecule has 104 valence electrons. The van der Waals surface area contributed by atoms with Crippen molar-refractivity contribution in [2.24, 2.45) is 11.8 Å². The van der Waals surface area contributed by atoms with Crippen LogP contribution in [-0.2, 0) is 19.1 Å². The summed E-state index contributed by atoms with van der Waals surface area (Å²) in [6.45, 7) is 0. The van der Waals surface area contributed by atoms with Crippen molar-refractivity contribution < 1.29 is 19.1 Å². The summed E-state index contributed by atoms with van der Waals surface area (Å²) in [7, 11) is 1.19. The molecule has 0 heterocycles. The Kier molecular flexibility index (Phi) is 4.49. The summed E-state index contributed by atoms with van der Waals surface area (Å²) in [5, 5.41) is 0. The smallest absolute Gasteiger partial charge is 0.374 e. The maximum atomic E-state index is 12.0. The van der Waals surface area contributed by atoms with Gasteiger partial charge in [-0.1, -0.05) is 36.8 Å². The minimum absolute atomic E-state index is 0.249. The van der Waals surface area contributed by atoms with Crippen LogP contribution in [0.1, 0.15) is 24.8 Å². The van der Waals surface area contributed by atoms with Gasteiger partial charge in [0.05, 0.1) is 7.11 Å². The van der Waals surface area contributed by atoms with Crippen molar-refractivity contribution in [1.82, 2.24) is 0 Å². The molecule has 0 saturated heterocycles. The third-order valence-electron chi connectivity index (χ3n) is 3.80. The zero-order valence-electron chi connectivity index (χ0n) is 11.3. The lowest BCUT2D eigenvalue weighted by molar-refractivity contribution is -0.153. The number of ketones is 1. The molecule has 2 atom stereocenters. The van der Waals surface area contributed by atoms with Crippen molar-refractivity contribution in [1.29, 1.82) is 0 Å². The first kappa shape index (κ1) is 14.2. The van der Waals surface area contributed by atoms with Crippen molar-refractivity contribution in [3.8, 4) is 0 Å². The lowest BCUT2D eigenvalue weighted by atomic mass is 9.83. The first-order valence-corrected chi connectivity index (χ1v) is 6.61. The number of carbonyl (C=O) groups is 2. The van der Waals surface area contributed by atoms with Crippen LogP contribution in [-0.4, -0.2) is 24.8 Å². The van der Waals surface area contributed by atoms with Gasteiger partial charge in [0, 0.05) is 17.4 Å². The van der Waals surface area contributed by atoms with Crippen molar-refractivity contribution in [2.45, 2.75) is 19.3 Å². The molecular weight excluding hydrogens is 256 g/mol. The Morgan fingerprint density at radius 1 is 1.15 bits per heavy atom. The number of carbonyl (C=O) groups excluding carboxylic acids is 3. The Labute approximate surface area is 117 Å². The van der Waals surface area contributed by atoms with Gasteiger partial charge in [-0.3, -0.25) is 4.79 Å². The van der Waals surface area contributed by atoms with Gasteiger partial charge in [0.15, 0.2) is 0 Å². The highest BCUT2D eigenvalue weighted by Gasteiger charge is 2.39. The number of hydrogen-bond acceptors (Lipinski definition) is 4. The number of methoxy groups -OCH3 is 1. The highest BCUT2D eigenvalue weighted by atomic mass is 16.5. The molecule has 1 aromatic carbocycles. The van der Waals surface area contributed by atoms with E-state index in [0.29, 0.717) is 18.4 Å². The third kappa shape index (κ3) is 2.70. The van der Waals surface area contributed by atoms with Crippen LogP contribution in [0, 0.1) is 11.8 Å². The van der Waals surface area contributed by atoms with Crippen molar-refractivity contribution in [3.63, 3.8) is 0 Å². The van der Waals surface area contributed by atoms with Crippen LogP contribution in [0.5, 0.6) is 0 Å². The van der Waals surface area contributed by atoms with Crippen LogP contribution in [0.4, 0.5) is 0 Å². The Morgan fingerprint density at radius 3 is 2.40 bits per heavy atom. The third-order valence-corrected chi connectivity index (χ3v) is 3.80. The van der Waals surface area contributed by atoms with Crippen LogP contribution in [0.15, 0.2) is 30.3 Å². The van der Waals surface area contributed by atoms with E-state index in [4.69, 9.17) is 0 Å². The first-order chi connectivity index (χ1) is 9.69. The Bertz CT molecular complexity index is 555. The molecule has 1 aromatic rings. The Balaban J connectivity index is 2.28. The molecule has 0 radical (unpaired) electrons. The minimum Gasteiger partial charge on any atom is -0.463 e. The van der Waals surface area contributed by atoms with Crippen molar-refractivity contribution in [2.75, 3.05) is 7.11 Å². The normalized spacial score (nSPS) is 21.1. The summed E-state index contributed by atoms with van der Waals surface area (Å²) in [4.78, 5) is 34.7. The largest absolute Gasteiger partial charge is 0.463 e. The molecule has 0 spiro atoms. The monoisotopic (exact) mass is 272 g/mol. The minimum atomic E-state index is -0.833. The van der Waals surface area contributed by atoms with Crippen molar-refractivity contribution >= 4 is 23.3 Å². The predicted molar refractivity (Wildman–Crippen MR) is 73.4 cm³/mol. The molecule has 1 fully saturated rings. The molecule has 0 amide bonds. The summed E-state index contributed by atoms with van der Waals surface area (Å²) in [6, 6.07) is 9.16. The van der Waals surface area contributed by atoms with Gasteiger partial charge >= 0.3 is 5.97 Å². The van der Waals surface area contributed by atoms with Gasteiger partial charge in [0.1, 0.15) is 5.94 Å². The number of ether oxygens (including phenoxy) is 1. The molecule has 0 aliphatic heterocycles. The zero-order valence-corrected chi connectivity index (χ0v) is 11.3. The average molecular weight is 272 g/mol. The van der Waals surface area contributed by atoms with Gasteiger partial charge < -0.3 is 4.74 Å². The number of esters is 1. The zero-order chi connectivity index (χ0) is 14.5. The van der Waals surface area contributed by atoms with Crippen LogP contribution in [0.3, 0.4) is 0 Å². The molecule has 0 bridgehead atoms. The summed E-state index contributed by atoms with van der Waals surface area (Å²) in [5.41, 5.74) is 1.24. The van der Waals surface area contributed by atoms with E-state index in [-0.39, 0.29) is 5.92 Å². The fraction of sp³-hybridized carbons (Fsp3) is 0.375. The highest BCUT2D eigenvalue weighted by molar-refractivity contribution is 6.34. The topological polar surface area (TPSA) is 60.4 Å². The molecule has 0 aromatic heterocycles. The molecule has 4 nitrogen and oxygen atoms in total. The van der Waals surface area contributed by atoms with E-state index >= 15 is 0 Å². The number of benzene rings is 1. The number of rotatable bonds is 4. The van der Waals surface area contributed by atoms with Gasteiger partial charge in [-0.2, -0.15) is 0 Å². The number of Topliss-reactive ketones (excluding diaryl/α,β-unsaturated/α-hetero) is 1. The molecule has 0 unspecified atom stereocenters. The van der Waals surface area contributed by atoms with Crippen LogP contribution >= 0.6 is 0 Å². The van der Waals surface area contributed by atoms with Crippen LogP contribution in [0.25, 0.3) is 5.57 Å². The van der Waals surface area contributed by atoms with E-state index in [9.17, 15) is 14.4 Å². The second-order valence-corrected chi connectivity index (χ2v) is 4.88. The van der Waals surface area contributed by atoms with E-state index in [2.05, 4.69) is 4.74 Å². The first-order valence-electron chi connectivity index (χ1n) is 6.61. The second kappa shape index (κ2) is 6.31. The van der Waals surface area contributed by atoms with Gasteiger partial charge in [-0.15, -0.1) is 0 Å².